The smallest absolute Gasteiger partial charge is 0.277 e. The summed E-state index contributed by atoms with van der Waals surface area (Å²) in [5.74, 6) is 0.241. The Hall–Kier alpha value is -1.85. The first-order chi connectivity index (χ1) is 10.1. The molecule has 0 saturated heterocycles. The maximum Gasteiger partial charge on any atom is 0.277 e. The first kappa shape index (κ1) is 15.5. The fourth-order valence-electron chi connectivity index (χ4n) is 1.44. The van der Waals surface area contributed by atoms with Crippen molar-refractivity contribution in [1.29, 1.82) is 0 Å². The molecular formula is C15H12BrClN2O2. The van der Waals surface area contributed by atoms with E-state index in [-0.39, 0.29) is 12.5 Å². The monoisotopic (exact) mass is 366 g/mol. The average Bonchev–Trinajstić information content (AvgIpc) is 2.49. The Kier molecular flexibility index (Phi) is 5.78. The largest absolute Gasteiger partial charge is 0.484 e. The summed E-state index contributed by atoms with van der Waals surface area (Å²) in [6, 6.07) is 14.3. The third-order valence-corrected chi connectivity index (χ3v) is 3.24. The number of benzene rings is 2. The maximum absolute atomic E-state index is 11.5. The van der Waals surface area contributed by atoms with Crippen LogP contribution in [-0.2, 0) is 4.79 Å². The minimum absolute atomic E-state index is 0.112. The van der Waals surface area contributed by atoms with Gasteiger partial charge in [0.25, 0.3) is 5.91 Å². The molecule has 0 aliphatic rings. The van der Waals surface area contributed by atoms with Crippen LogP contribution in [0.5, 0.6) is 5.75 Å². The van der Waals surface area contributed by atoms with Gasteiger partial charge in [0.15, 0.2) is 6.61 Å². The van der Waals surface area contributed by atoms with Crippen molar-refractivity contribution in [1.82, 2.24) is 5.43 Å². The van der Waals surface area contributed by atoms with Crippen molar-refractivity contribution in [2.24, 2.45) is 5.10 Å². The molecule has 2 rings (SSSR count). The van der Waals surface area contributed by atoms with Gasteiger partial charge in [-0.2, -0.15) is 5.10 Å². The van der Waals surface area contributed by atoms with Crippen LogP contribution in [0.15, 0.2) is 58.1 Å². The van der Waals surface area contributed by atoms with Gasteiger partial charge < -0.3 is 4.74 Å². The lowest BCUT2D eigenvalue weighted by molar-refractivity contribution is -0.123. The summed E-state index contributed by atoms with van der Waals surface area (Å²) in [5.41, 5.74) is 3.28. The van der Waals surface area contributed by atoms with Gasteiger partial charge in [-0.15, -0.1) is 0 Å². The molecule has 1 amide bonds. The molecule has 4 nitrogen and oxygen atoms in total. The zero-order valence-electron chi connectivity index (χ0n) is 10.9. The molecule has 0 aromatic heterocycles. The highest BCUT2D eigenvalue weighted by atomic mass is 79.9. The summed E-state index contributed by atoms with van der Waals surface area (Å²) in [4.78, 5) is 11.5. The van der Waals surface area contributed by atoms with E-state index in [9.17, 15) is 4.79 Å². The summed E-state index contributed by atoms with van der Waals surface area (Å²) in [5, 5.41) is 4.47. The molecule has 0 aliphatic carbocycles. The normalized spacial score (nSPS) is 10.6. The molecule has 0 unspecified atom stereocenters. The molecule has 2 aromatic rings. The maximum atomic E-state index is 11.5. The Morgan fingerprint density at radius 3 is 2.52 bits per heavy atom. The molecule has 0 saturated carbocycles. The Balaban J connectivity index is 1.77. The van der Waals surface area contributed by atoms with Crippen LogP contribution < -0.4 is 10.2 Å². The van der Waals surface area contributed by atoms with Gasteiger partial charge in [0.05, 0.1) is 6.21 Å². The zero-order valence-corrected chi connectivity index (χ0v) is 13.3. The standard InChI is InChI=1S/C15H12BrClN2O2/c16-12-3-1-11(2-4-12)9-18-19-15(20)10-21-14-7-5-13(17)6-8-14/h1-9H,10H2,(H,19,20)/b18-9-. The fraction of sp³-hybridized carbons (Fsp3) is 0.0667. The number of hydrogen-bond acceptors (Lipinski definition) is 3. The Morgan fingerprint density at radius 2 is 1.86 bits per heavy atom. The number of nitrogens with zero attached hydrogens (tertiary/aromatic N) is 1. The molecular weight excluding hydrogens is 356 g/mol. The van der Waals surface area contributed by atoms with Crippen LogP contribution in [0, 0.1) is 0 Å². The quantitative estimate of drug-likeness (QED) is 0.648. The Bertz CT molecular complexity index is 627. The average molecular weight is 368 g/mol. The molecule has 0 atom stereocenters. The molecule has 0 radical (unpaired) electrons. The number of hydrogen-bond donors (Lipinski definition) is 1. The molecule has 0 heterocycles. The van der Waals surface area contributed by atoms with Crippen LogP contribution in [0.3, 0.4) is 0 Å². The second-order valence-corrected chi connectivity index (χ2v) is 5.44. The first-order valence-electron chi connectivity index (χ1n) is 6.09. The van der Waals surface area contributed by atoms with Crippen molar-refractivity contribution < 1.29 is 9.53 Å². The van der Waals surface area contributed by atoms with Crippen molar-refractivity contribution in [2.75, 3.05) is 6.61 Å². The van der Waals surface area contributed by atoms with Crippen molar-refractivity contribution in [3.05, 3.63) is 63.6 Å². The van der Waals surface area contributed by atoms with Gasteiger partial charge in [-0.05, 0) is 42.0 Å². The summed E-state index contributed by atoms with van der Waals surface area (Å²) < 4.78 is 6.28. The zero-order chi connectivity index (χ0) is 15.1. The van der Waals surface area contributed by atoms with Gasteiger partial charge in [0.2, 0.25) is 0 Å². The van der Waals surface area contributed by atoms with Gasteiger partial charge in [-0.3, -0.25) is 4.79 Å². The highest BCUT2D eigenvalue weighted by Crippen LogP contribution is 2.15. The SMILES string of the molecule is O=C(COc1ccc(Cl)cc1)N/N=C\c1ccc(Br)cc1. The third kappa shape index (κ3) is 5.57. The van der Waals surface area contributed by atoms with Gasteiger partial charge in [0, 0.05) is 9.50 Å². The second-order valence-electron chi connectivity index (χ2n) is 4.09. The molecule has 0 bridgehead atoms. The minimum atomic E-state index is -0.335. The van der Waals surface area contributed by atoms with Crippen molar-refractivity contribution >= 4 is 39.7 Å². The Morgan fingerprint density at radius 1 is 1.19 bits per heavy atom. The molecule has 108 valence electrons. The van der Waals surface area contributed by atoms with Crippen LogP contribution in [-0.4, -0.2) is 18.7 Å². The van der Waals surface area contributed by atoms with Crippen LogP contribution in [0.4, 0.5) is 0 Å². The molecule has 6 heteroatoms. The van der Waals surface area contributed by atoms with Crippen molar-refractivity contribution in [2.45, 2.75) is 0 Å². The van der Waals surface area contributed by atoms with E-state index in [1.807, 2.05) is 24.3 Å². The number of ether oxygens (including phenoxy) is 1. The van der Waals surface area contributed by atoms with E-state index in [2.05, 4.69) is 26.5 Å². The molecule has 0 spiro atoms. The number of halogens is 2. The van der Waals surface area contributed by atoms with Crippen LogP contribution in [0.1, 0.15) is 5.56 Å². The van der Waals surface area contributed by atoms with Gasteiger partial charge >= 0.3 is 0 Å². The van der Waals surface area contributed by atoms with Gasteiger partial charge in [-0.25, -0.2) is 5.43 Å². The molecule has 0 aliphatic heterocycles. The van der Waals surface area contributed by atoms with E-state index in [4.69, 9.17) is 16.3 Å². The van der Waals surface area contributed by atoms with E-state index in [1.54, 1.807) is 30.5 Å². The van der Waals surface area contributed by atoms with E-state index >= 15 is 0 Å². The van der Waals surface area contributed by atoms with Crippen molar-refractivity contribution in [3.8, 4) is 5.75 Å². The highest BCUT2D eigenvalue weighted by Gasteiger charge is 2.01. The third-order valence-electron chi connectivity index (χ3n) is 2.46. The van der Waals surface area contributed by atoms with Crippen LogP contribution >= 0.6 is 27.5 Å². The van der Waals surface area contributed by atoms with Crippen molar-refractivity contribution in [3.63, 3.8) is 0 Å². The minimum Gasteiger partial charge on any atom is -0.484 e. The highest BCUT2D eigenvalue weighted by molar-refractivity contribution is 9.10. The molecule has 2 aromatic carbocycles. The lowest BCUT2D eigenvalue weighted by atomic mass is 10.2. The number of carbonyl (C=O) groups is 1. The lowest BCUT2D eigenvalue weighted by Gasteiger charge is -2.04. The molecule has 0 fully saturated rings. The number of rotatable bonds is 5. The summed E-state index contributed by atoms with van der Waals surface area (Å²) in [6.07, 6.45) is 1.56. The van der Waals surface area contributed by atoms with Crippen LogP contribution in [0.25, 0.3) is 0 Å². The van der Waals surface area contributed by atoms with Gasteiger partial charge in [0.1, 0.15) is 5.75 Å². The van der Waals surface area contributed by atoms with E-state index in [0.29, 0.717) is 10.8 Å². The first-order valence-corrected chi connectivity index (χ1v) is 7.26. The predicted molar refractivity (Wildman–Crippen MR) is 86.8 cm³/mol. The topological polar surface area (TPSA) is 50.7 Å². The van der Waals surface area contributed by atoms with E-state index in [0.717, 1.165) is 10.0 Å². The summed E-state index contributed by atoms with van der Waals surface area (Å²) in [7, 11) is 0. The lowest BCUT2D eigenvalue weighted by Crippen LogP contribution is -2.24. The number of hydrazone groups is 1. The van der Waals surface area contributed by atoms with E-state index in [1.165, 1.54) is 0 Å². The summed E-state index contributed by atoms with van der Waals surface area (Å²) in [6.45, 7) is -0.112. The summed E-state index contributed by atoms with van der Waals surface area (Å²) >= 11 is 9.10. The number of carbonyl (C=O) groups excluding carboxylic acids is 1. The fourth-order valence-corrected chi connectivity index (χ4v) is 1.83. The number of amides is 1. The predicted octanol–water partition coefficient (Wildman–Crippen LogP) is 3.63. The number of nitrogens with one attached hydrogen (secondary N) is 1. The molecule has 21 heavy (non-hydrogen) atoms. The van der Waals surface area contributed by atoms with E-state index < -0.39 is 0 Å². The van der Waals surface area contributed by atoms with Gasteiger partial charge in [-0.1, -0.05) is 39.7 Å². The molecule has 1 N–H and O–H groups in total. The Labute approximate surface area is 135 Å². The van der Waals surface area contributed by atoms with Crippen LogP contribution in [0.2, 0.25) is 5.02 Å². The second kappa shape index (κ2) is 7.81.